The Hall–Kier alpha value is -1.71. The fourth-order valence-corrected chi connectivity index (χ4v) is 1.88. The zero-order chi connectivity index (χ0) is 11.4. The zero-order valence-electron chi connectivity index (χ0n) is 9.03. The molecule has 1 heterocycles. The molecule has 2 N–H and O–H groups in total. The van der Waals surface area contributed by atoms with Crippen LogP contribution in [0.5, 0.6) is 5.75 Å². The van der Waals surface area contributed by atoms with Crippen molar-refractivity contribution >= 4 is 6.09 Å². The van der Waals surface area contributed by atoms with Crippen LogP contribution in [0.25, 0.3) is 0 Å². The summed E-state index contributed by atoms with van der Waals surface area (Å²) in [6.07, 6.45) is 1.86. The highest BCUT2D eigenvalue weighted by Gasteiger charge is 2.10. The Morgan fingerprint density at radius 3 is 3.19 bits per heavy atom. The van der Waals surface area contributed by atoms with Crippen LogP contribution in [0.3, 0.4) is 0 Å². The highest BCUT2D eigenvalue weighted by molar-refractivity contribution is 5.64. The van der Waals surface area contributed by atoms with E-state index >= 15 is 0 Å². The van der Waals surface area contributed by atoms with E-state index in [1.54, 1.807) is 0 Å². The predicted octanol–water partition coefficient (Wildman–Crippen LogP) is 1.82. The topological polar surface area (TPSA) is 58.6 Å². The Kier molecular flexibility index (Phi) is 3.29. The third-order valence-electron chi connectivity index (χ3n) is 2.66. The van der Waals surface area contributed by atoms with Crippen molar-refractivity contribution in [2.45, 2.75) is 19.3 Å². The van der Waals surface area contributed by atoms with Crippen LogP contribution in [-0.2, 0) is 12.8 Å². The van der Waals surface area contributed by atoms with Crippen molar-refractivity contribution in [1.82, 2.24) is 5.32 Å². The maximum Gasteiger partial charge on any atom is 0.404 e. The summed E-state index contributed by atoms with van der Waals surface area (Å²) in [5, 5.41) is 10.8. The number of hydrogen-bond donors (Lipinski definition) is 2. The summed E-state index contributed by atoms with van der Waals surface area (Å²) in [5.41, 5.74) is 2.39. The quantitative estimate of drug-likeness (QED) is 0.818. The number of aryl methyl sites for hydroxylation is 1. The van der Waals surface area contributed by atoms with E-state index in [1.165, 1.54) is 5.56 Å². The second-order valence-corrected chi connectivity index (χ2v) is 3.88. The van der Waals surface area contributed by atoms with Crippen LogP contribution in [0.15, 0.2) is 18.2 Å². The average Bonchev–Trinajstić information content (AvgIpc) is 2.28. The van der Waals surface area contributed by atoms with Gasteiger partial charge < -0.3 is 15.2 Å². The molecule has 0 radical (unpaired) electrons. The predicted molar refractivity (Wildman–Crippen MR) is 60.0 cm³/mol. The van der Waals surface area contributed by atoms with Gasteiger partial charge in [0.2, 0.25) is 0 Å². The van der Waals surface area contributed by atoms with Crippen molar-refractivity contribution < 1.29 is 14.6 Å². The smallest absolute Gasteiger partial charge is 0.404 e. The molecule has 4 heteroatoms. The van der Waals surface area contributed by atoms with E-state index in [9.17, 15) is 4.79 Å². The van der Waals surface area contributed by atoms with Gasteiger partial charge in [-0.1, -0.05) is 12.1 Å². The fourth-order valence-electron chi connectivity index (χ4n) is 1.88. The van der Waals surface area contributed by atoms with Gasteiger partial charge in [-0.05, 0) is 36.5 Å². The molecule has 0 bridgehead atoms. The minimum absolute atomic E-state index is 0.453. The van der Waals surface area contributed by atoms with E-state index in [0.717, 1.165) is 37.2 Å². The van der Waals surface area contributed by atoms with Crippen molar-refractivity contribution in [3.05, 3.63) is 29.3 Å². The van der Waals surface area contributed by atoms with Crippen LogP contribution in [-0.4, -0.2) is 24.4 Å². The van der Waals surface area contributed by atoms with Crippen molar-refractivity contribution in [1.29, 1.82) is 0 Å². The van der Waals surface area contributed by atoms with Gasteiger partial charge >= 0.3 is 6.09 Å². The lowest BCUT2D eigenvalue weighted by molar-refractivity contribution is 0.194. The Labute approximate surface area is 94.2 Å². The molecule has 0 fully saturated rings. The molecular formula is C12H15NO3. The van der Waals surface area contributed by atoms with Gasteiger partial charge in [-0.2, -0.15) is 0 Å². The molecular weight excluding hydrogens is 206 g/mol. The largest absolute Gasteiger partial charge is 0.493 e. The zero-order valence-corrected chi connectivity index (χ0v) is 9.03. The number of amides is 1. The molecule has 16 heavy (non-hydrogen) atoms. The number of nitrogens with one attached hydrogen (secondary N) is 1. The summed E-state index contributed by atoms with van der Waals surface area (Å²) in [6.45, 7) is 1.25. The van der Waals surface area contributed by atoms with Crippen molar-refractivity contribution in [2.75, 3.05) is 13.2 Å². The number of rotatable bonds is 3. The Bertz CT molecular complexity index is 390. The van der Waals surface area contributed by atoms with E-state index in [4.69, 9.17) is 9.84 Å². The van der Waals surface area contributed by atoms with E-state index in [0.29, 0.717) is 6.54 Å². The summed E-state index contributed by atoms with van der Waals surface area (Å²) in [6, 6.07) is 6.08. The van der Waals surface area contributed by atoms with Crippen LogP contribution in [0, 0.1) is 0 Å². The molecule has 0 spiro atoms. The van der Waals surface area contributed by atoms with Crippen molar-refractivity contribution in [2.24, 2.45) is 0 Å². The monoisotopic (exact) mass is 221 g/mol. The lowest BCUT2D eigenvalue weighted by atomic mass is 10.0. The lowest BCUT2D eigenvalue weighted by Gasteiger charge is -2.17. The van der Waals surface area contributed by atoms with Gasteiger partial charge in [0.15, 0.2) is 0 Å². The van der Waals surface area contributed by atoms with Crippen molar-refractivity contribution in [3.8, 4) is 5.75 Å². The van der Waals surface area contributed by atoms with Gasteiger partial charge in [0, 0.05) is 6.54 Å². The summed E-state index contributed by atoms with van der Waals surface area (Å²) in [7, 11) is 0. The standard InChI is InChI=1S/C12H15NO3/c14-12(15)13-6-5-9-3-4-11-10(8-9)2-1-7-16-11/h3-4,8,13H,1-2,5-7H2,(H,14,15). The Morgan fingerprint density at radius 1 is 1.50 bits per heavy atom. The molecule has 1 amide bonds. The molecule has 1 aromatic carbocycles. The molecule has 0 saturated heterocycles. The van der Waals surface area contributed by atoms with Gasteiger partial charge in [0.25, 0.3) is 0 Å². The number of benzene rings is 1. The van der Waals surface area contributed by atoms with Gasteiger partial charge in [0.05, 0.1) is 6.61 Å². The SMILES string of the molecule is O=C(O)NCCc1ccc2c(c1)CCCO2. The van der Waals surface area contributed by atoms with E-state index in [2.05, 4.69) is 11.4 Å². The third kappa shape index (κ3) is 2.66. The highest BCUT2D eigenvalue weighted by Crippen LogP contribution is 2.25. The highest BCUT2D eigenvalue weighted by atomic mass is 16.5. The molecule has 1 aliphatic heterocycles. The molecule has 2 rings (SSSR count). The fraction of sp³-hybridized carbons (Fsp3) is 0.417. The van der Waals surface area contributed by atoms with Crippen LogP contribution in [0.2, 0.25) is 0 Å². The van der Waals surface area contributed by atoms with Crippen LogP contribution >= 0.6 is 0 Å². The number of carbonyl (C=O) groups is 1. The normalized spacial score (nSPS) is 13.8. The van der Waals surface area contributed by atoms with E-state index < -0.39 is 6.09 Å². The summed E-state index contributed by atoms with van der Waals surface area (Å²) in [4.78, 5) is 10.3. The number of ether oxygens (including phenoxy) is 1. The molecule has 1 aromatic rings. The Balaban J connectivity index is 1.97. The summed E-state index contributed by atoms with van der Waals surface area (Å²) in [5.74, 6) is 0.973. The molecule has 4 nitrogen and oxygen atoms in total. The van der Waals surface area contributed by atoms with Crippen LogP contribution in [0.4, 0.5) is 4.79 Å². The van der Waals surface area contributed by atoms with E-state index in [1.807, 2.05) is 12.1 Å². The minimum Gasteiger partial charge on any atom is -0.493 e. The third-order valence-corrected chi connectivity index (χ3v) is 2.66. The first-order chi connectivity index (χ1) is 7.75. The van der Waals surface area contributed by atoms with Crippen molar-refractivity contribution in [3.63, 3.8) is 0 Å². The molecule has 0 aromatic heterocycles. The summed E-state index contributed by atoms with van der Waals surface area (Å²) < 4.78 is 5.51. The van der Waals surface area contributed by atoms with Gasteiger partial charge in [-0.25, -0.2) is 4.79 Å². The van der Waals surface area contributed by atoms with Gasteiger partial charge in [-0.3, -0.25) is 0 Å². The van der Waals surface area contributed by atoms with Gasteiger partial charge in [-0.15, -0.1) is 0 Å². The van der Waals surface area contributed by atoms with Gasteiger partial charge in [0.1, 0.15) is 5.75 Å². The number of carboxylic acid groups (broad SMARTS) is 1. The molecule has 0 unspecified atom stereocenters. The lowest BCUT2D eigenvalue weighted by Crippen LogP contribution is -2.23. The van der Waals surface area contributed by atoms with Crippen LogP contribution < -0.4 is 10.1 Å². The molecule has 86 valence electrons. The second-order valence-electron chi connectivity index (χ2n) is 3.88. The first kappa shape index (κ1) is 10.8. The maximum atomic E-state index is 10.3. The maximum absolute atomic E-state index is 10.3. The first-order valence-corrected chi connectivity index (χ1v) is 5.47. The second kappa shape index (κ2) is 4.88. The molecule has 0 saturated carbocycles. The summed E-state index contributed by atoms with van der Waals surface area (Å²) >= 11 is 0. The number of hydrogen-bond acceptors (Lipinski definition) is 2. The molecule has 0 aliphatic carbocycles. The molecule has 0 atom stereocenters. The molecule has 1 aliphatic rings. The first-order valence-electron chi connectivity index (χ1n) is 5.47. The Morgan fingerprint density at radius 2 is 2.38 bits per heavy atom. The number of fused-ring (bicyclic) bond motifs is 1. The van der Waals surface area contributed by atoms with Crippen LogP contribution in [0.1, 0.15) is 17.5 Å². The average molecular weight is 221 g/mol. The van der Waals surface area contributed by atoms with E-state index in [-0.39, 0.29) is 0 Å². The minimum atomic E-state index is -0.971.